The van der Waals surface area contributed by atoms with Gasteiger partial charge in [0.15, 0.2) is 11.5 Å². The van der Waals surface area contributed by atoms with Crippen molar-refractivity contribution >= 4 is 5.91 Å². The predicted molar refractivity (Wildman–Crippen MR) is 94.1 cm³/mol. The van der Waals surface area contributed by atoms with Crippen molar-refractivity contribution in [2.45, 2.75) is 33.2 Å². The second-order valence-electron chi connectivity index (χ2n) is 5.80. The topological polar surface area (TPSA) is 93.3 Å². The Kier molecular flexibility index (Phi) is 5.80. The number of nitrogens with zero attached hydrogens (tertiary/aromatic N) is 1. The fraction of sp³-hybridized carbons (Fsp3) is 0.389. The van der Waals surface area contributed by atoms with Gasteiger partial charge in [0.05, 0.1) is 26.7 Å². The molecule has 7 heteroatoms. The van der Waals surface area contributed by atoms with Crippen LogP contribution < -0.4 is 20.3 Å². The second-order valence-corrected chi connectivity index (χ2v) is 5.80. The third kappa shape index (κ3) is 4.37. The molecule has 7 nitrogen and oxygen atoms in total. The largest absolute Gasteiger partial charge is 0.493 e. The van der Waals surface area contributed by atoms with E-state index in [0.29, 0.717) is 28.6 Å². The molecule has 0 spiro atoms. The molecule has 0 aliphatic rings. The maximum atomic E-state index is 12.3. The number of hydrogen-bond acceptors (Lipinski definition) is 5. The van der Waals surface area contributed by atoms with Gasteiger partial charge in [-0.15, -0.1) is 0 Å². The second kappa shape index (κ2) is 7.83. The molecule has 1 aromatic heterocycles. The molecule has 1 amide bonds. The molecule has 25 heavy (non-hydrogen) atoms. The smallest absolute Gasteiger partial charge is 0.254 e. The third-order valence-electron chi connectivity index (χ3n) is 3.96. The lowest BCUT2D eigenvalue weighted by Crippen LogP contribution is -2.31. The number of methoxy groups -OCH3 is 2. The SMILES string of the molecule is COc1ccc([C@@H](C)NC(=O)Cc2c(C)nc(C)[nH]c2=O)cc1OC. The number of rotatable bonds is 6. The van der Waals surface area contributed by atoms with Crippen LogP contribution in [0.2, 0.25) is 0 Å². The Morgan fingerprint density at radius 3 is 2.52 bits per heavy atom. The van der Waals surface area contributed by atoms with Gasteiger partial charge < -0.3 is 19.8 Å². The average Bonchev–Trinajstić information content (AvgIpc) is 2.57. The lowest BCUT2D eigenvalue weighted by molar-refractivity contribution is -0.121. The van der Waals surface area contributed by atoms with E-state index in [4.69, 9.17) is 9.47 Å². The number of benzene rings is 1. The van der Waals surface area contributed by atoms with Crippen molar-refractivity contribution in [3.63, 3.8) is 0 Å². The van der Waals surface area contributed by atoms with Gasteiger partial charge >= 0.3 is 0 Å². The number of carbonyl (C=O) groups excluding carboxylic acids is 1. The number of aromatic amines is 1. The molecule has 134 valence electrons. The molecule has 0 radical (unpaired) electrons. The quantitative estimate of drug-likeness (QED) is 0.833. The van der Waals surface area contributed by atoms with Crippen LogP contribution in [-0.4, -0.2) is 30.1 Å². The highest BCUT2D eigenvalue weighted by Gasteiger charge is 2.16. The molecule has 0 aliphatic carbocycles. The highest BCUT2D eigenvalue weighted by Crippen LogP contribution is 2.29. The van der Waals surface area contributed by atoms with E-state index in [9.17, 15) is 9.59 Å². The molecule has 1 heterocycles. The maximum absolute atomic E-state index is 12.3. The Labute approximate surface area is 146 Å². The molecule has 2 rings (SSSR count). The van der Waals surface area contributed by atoms with E-state index in [1.807, 2.05) is 19.1 Å². The molecule has 0 fully saturated rings. The molecular weight excluding hydrogens is 322 g/mol. The summed E-state index contributed by atoms with van der Waals surface area (Å²) in [6.45, 7) is 5.30. The first-order chi connectivity index (χ1) is 11.8. The van der Waals surface area contributed by atoms with Crippen molar-refractivity contribution < 1.29 is 14.3 Å². The zero-order chi connectivity index (χ0) is 18.6. The van der Waals surface area contributed by atoms with Crippen LogP contribution in [0.4, 0.5) is 0 Å². The zero-order valence-corrected chi connectivity index (χ0v) is 15.1. The molecule has 0 saturated heterocycles. The molecule has 1 aromatic carbocycles. The van der Waals surface area contributed by atoms with Crippen molar-refractivity contribution in [1.29, 1.82) is 0 Å². The van der Waals surface area contributed by atoms with Crippen molar-refractivity contribution in [3.8, 4) is 11.5 Å². The van der Waals surface area contributed by atoms with E-state index in [-0.39, 0.29) is 23.9 Å². The summed E-state index contributed by atoms with van der Waals surface area (Å²) in [6.07, 6.45) is -0.0217. The number of aromatic nitrogens is 2. The first kappa shape index (κ1) is 18.5. The van der Waals surface area contributed by atoms with Gasteiger partial charge in [-0.3, -0.25) is 9.59 Å². The first-order valence-corrected chi connectivity index (χ1v) is 7.93. The molecule has 0 aliphatic heterocycles. The third-order valence-corrected chi connectivity index (χ3v) is 3.96. The number of H-pyrrole nitrogens is 1. The summed E-state index contributed by atoms with van der Waals surface area (Å²) in [5.74, 6) is 1.50. The zero-order valence-electron chi connectivity index (χ0n) is 15.1. The van der Waals surface area contributed by atoms with Crippen LogP contribution in [0, 0.1) is 13.8 Å². The van der Waals surface area contributed by atoms with Crippen molar-refractivity contribution in [2.24, 2.45) is 0 Å². The van der Waals surface area contributed by atoms with Gasteiger partial charge in [-0.05, 0) is 38.5 Å². The van der Waals surface area contributed by atoms with Gasteiger partial charge in [0.1, 0.15) is 5.82 Å². The van der Waals surface area contributed by atoms with Gasteiger partial charge in [-0.25, -0.2) is 4.98 Å². The molecule has 0 bridgehead atoms. The highest BCUT2D eigenvalue weighted by molar-refractivity contribution is 5.79. The summed E-state index contributed by atoms with van der Waals surface area (Å²) >= 11 is 0. The Morgan fingerprint density at radius 2 is 1.92 bits per heavy atom. The summed E-state index contributed by atoms with van der Waals surface area (Å²) < 4.78 is 10.5. The Bertz CT molecular complexity index is 830. The Morgan fingerprint density at radius 1 is 1.24 bits per heavy atom. The van der Waals surface area contributed by atoms with E-state index in [2.05, 4.69) is 15.3 Å². The Balaban J connectivity index is 2.12. The fourth-order valence-corrected chi connectivity index (χ4v) is 2.62. The summed E-state index contributed by atoms with van der Waals surface area (Å²) in [5.41, 5.74) is 1.54. The van der Waals surface area contributed by atoms with Crippen LogP contribution in [-0.2, 0) is 11.2 Å². The molecule has 1 atom stereocenters. The lowest BCUT2D eigenvalue weighted by Gasteiger charge is -2.17. The monoisotopic (exact) mass is 345 g/mol. The summed E-state index contributed by atoms with van der Waals surface area (Å²) in [6, 6.07) is 5.22. The minimum Gasteiger partial charge on any atom is -0.493 e. The van der Waals surface area contributed by atoms with Crippen LogP contribution in [0.5, 0.6) is 11.5 Å². The minimum absolute atomic E-state index is 0.0217. The van der Waals surface area contributed by atoms with Crippen molar-refractivity contribution in [2.75, 3.05) is 14.2 Å². The van der Waals surface area contributed by atoms with Gasteiger partial charge in [0, 0.05) is 11.3 Å². The summed E-state index contributed by atoms with van der Waals surface area (Å²) in [7, 11) is 3.13. The molecule has 2 N–H and O–H groups in total. The van der Waals surface area contributed by atoms with Gasteiger partial charge in [0.25, 0.3) is 5.56 Å². The first-order valence-electron chi connectivity index (χ1n) is 7.93. The predicted octanol–water partition coefficient (Wildman–Crippen LogP) is 1.82. The number of hydrogen-bond donors (Lipinski definition) is 2. The van der Waals surface area contributed by atoms with E-state index >= 15 is 0 Å². The standard InChI is InChI=1S/C18H23N3O4/c1-10(13-6-7-15(24-4)16(8-13)25-5)20-17(22)9-14-11(2)19-12(3)21-18(14)23/h6-8,10H,9H2,1-5H3,(H,20,22)(H,19,21,23)/t10-/m1/s1. The Hall–Kier alpha value is -2.83. The maximum Gasteiger partial charge on any atom is 0.254 e. The highest BCUT2D eigenvalue weighted by atomic mass is 16.5. The van der Waals surface area contributed by atoms with Crippen LogP contribution in [0.25, 0.3) is 0 Å². The van der Waals surface area contributed by atoms with E-state index < -0.39 is 0 Å². The number of aryl methyl sites for hydroxylation is 2. The molecule has 0 unspecified atom stereocenters. The number of nitrogens with one attached hydrogen (secondary N) is 2. The lowest BCUT2D eigenvalue weighted by atomic mass is 10.1. The summed E-state index contributed by atoms with van der Waals surface area (Å²) in [4.78, 5) is 31.1. The normalized spacial score (nSPS) is 11.7. The number of carbonyl (C=O) groups is 1. The van der Waals surface area contributed by atoms with Gasteiger partial charge in [0.2, 0.25) is 5.91 Å². The number of ether oxygens (including phenoxy) is 2. The fourth-order valence-electron chi connectivity index (χ4n) is 2.62. The van der Waals surface area contributed by atoms with Crippen LogP contribution in [0.15, 0.2) is 23.0 Å². The van der Waals surface area contributed by atoms with E-state index in [1.165, 1.54) is 0 Å². The van der Waals surface area contributed by atoms with Crippen molar-refractivity contribution in [3.05, 3.63) is 51.2 Å². The van der Waals surface area contributed by atoms with Crippen LogP contribution >= 0.6 is 0 Å². The van der Waals surface area contributed by atoms with Crippen LogP contribution in [0.3, 0.4) is 0 Å². The van der Waals surface area contributed by atoms with Gasteiger partial charge in [-0.1, -0.05) is 6.07 Å². The summed E-state index contributed by atoms with van der Waals surface area (Å²) in [5, 5.41) is 2.89. The van der Waals surface area contributed by atoms with Crippen LogP contribution in [0.1, 0.15) is 35.6 Å². The van der Waals surface area contributed by atoms with E-state index in [1.54, 1.807) is 34.1 Å². The van der Waals surface area contributed by atoms with E-state index in [0.717, 1.165) is 5.56 Å². The minimum atomic E-state index is -0.279. The average molecular weight is 345 g/mol. The number of amides is 1. The molecule has 0 saturated carbocycles. The van der Waals surface area contributed by atoms with Gasteiger partial charge in [-0.2, -0.15) is 0 Å². The molecule has 2 aromatic rings. The molecular formula is C18H23N3O4. The van der Waals surface area contributed by atoms with Crippen molar-refractivity contribution in [1.82, 2.24) is 15.3 Å².